The van der Waals surface area contributed by atoms with Crippen LogP contribution in [0.5, 0.6) is 0 Å². The van der Waals surface area contributed by atoms with E-state index in [1.165, 1.54) is 0 Å². The highest BCUT2D eigenvalue weighted by atomic mass is 16.4. The second-order valence-electron chi connectivity index (χ2n) is 3.66. The van der Waals surface area contributed by atoms with Crippen molar-refractivity contribution in [3.05, 3.63) is 0 Å². The molecular formula is C9H19N5O4. The van der Waals surface area contributed by atoms with Gasteiger partial charge in [-0.05, 0) is 0 Å². The number of rotatable bonds is 8. The molecule has 1 unspecified atom stereocenters. The average Bonchev–Trinajstić information content (AvgIpc) is 2.33. The van der Waals surface area contributed by atoms with Gasteiger partial charge in [0.15, 0.2) is 0 Å². The second kappa shape index (κ2) is 8.39. The van der Waals surface area contributed by atoms with Gasteiger partial charge in [0.1, 0.15) is 6.04 Å². The predicted molar refractivity (Wildman–Crippen MR) is 63.3 cm³/mol. The van der Waals surface area contributed by atoms with Crippen LogP contribution in [-0.4, -0.2) is 54.6 Å². The lowest BCUT2D eigenvalue weighted by atomic mass is 10.2. The van der Waals surface area contributed by atoms with Gasteiger partial charge in [-0.25, -0.2) is 0 Å². The first-order valence-electron chi connectivity index (χ1n) is 5.35. The lowest BCUT2D eigenvalue weighted by molar-refractivity contribution is -0.140. The zero-order valence-corrected chi connectivity index (χ0v) is 9.89. The van der Waals surface area contributed by atoms with Crippen LogP contribution in [0.1, 0.15) is 6.42 Å². The summed E-state index contributed by atoms with van der Waals surface area (Å²) in [5, 5.41) is 13.2. The molecule has 2 amide bonds. The minimum Gasteiger partial charge on any atom is -0.480 e. The summed E-state index contributed by atoms with van der Waals surface area (Å²) >= 11 is 0. The molecular weight excluding hydrogens is 242 g/mol. The van der Waals surface area contributed by atoms with Crippen LogP contribution in [0, 0.1) is 0 Å². The van der Waals surface area contributed by atoms with E-state index in [1.54, 1.807) is 0 Å². The molecule has 0 aliphatic rings. The van der Waals surface area contributed by atoms with Crippen molar-refractivity contribution in [2.75, 3.05) is 19.6 Å². The van der Waals surface area contributed by atoms with Gasteiger partial charge >= 0.3 is 5.97 Å². The van der Waals surface area contributed by atoms with Crippen molar-refractivity contribution in [1.29, 1.82) is 0 Å². The van der Waals surface area contributed by atoms with Crippen LogP contribution in [0.2, 0.25) is 0 Å². The number of hydrogen-bond donors (Lipinski definition) is 6. The maximum atomic E-state index is 11.3. The van der Waals surface area contributed by atoms with Gasteiger partial charge in [0.25, 0.3) is 0 Å². The van der Waals surface area contributed by atoms with E-state index in [4.69, 9.17) is 22.3 Å². The predicted octanol–water partition coefficient (Wildman–Crippen LogP) is -3.69. The van der Waals surface area contributed by atoms with Crippen molar-refractivity contribution in [2.24, 2.45) is 17.2 Å². The van der Waals surface area contributed by atoms with Crippen molar-refractivity contribution >= 4 is 17.8 Å². The molecule has 0 radical (unpaired) electrons. The highest BCUT2D eigenvalue weighted by molar-refractivity contribution is 5.87. The molecule has 0 aliphatic heterocycles. The van der Waals surface area contributed by atoms with E-state index < -0.39 is 23.8 Å². The van der Waals surface area contributed by atoms with Crippen molar-refractivity contribution < 1.29 is 19.5 Å². The molecule has 18 heavy (non-hydrogen) atoms. The Balaban J connectivity index is 3.91. The minimum absolute atomic E-state index is 0.195. The van der Waals surface area contributed by atoms with Crippen LogP contribution in [0.4, 0.5) is 0 Å². The molecule has 0 aromatic heterocycles. The summed E-state index contributed by atoms with van der Waals surface area (Å²) < 4.78 is 0. The summed E-state index contributed by atoms with van der Waals surface area (Å²) in [5.74, 6) is -2.34. The van der Waals surface area contributed by atoms with Crippen LogP contribution in [-0.2, 0) is 14.4 Å². The van der Waals surface area contributed by atoms with E-state index in [9.17, 15) is 14.4 Å². The Morgan fingerprint density at radius 1 is 1.11 bits per heavy atom. The molecule has 0 aromatic carbocycles. The highest BCUT2D eigenvalue weighted by Gasteiger charge is 2.17. The van der Waals surface area contributed by atoms with E-state index in [0.29, 0.717) is 0 Å². The maximum absolute atomic E-state index is 11.3. The summed E-state index contributed by atoms with van der Waals surface area (Å²) in [6.07, 6.45) is -0.389. The van der Waals surface area contributed by atoms with Crippen molar-refractivity contribution in [1.82, 2.24) is 10.6 Å². The standard InChI is InChI=1S/C9H19N5O4/c10-2-5(3-11)14-8(16)4-13-7(15)1-6(12)9(17)18/h5-6H,1-4,10-12H2,(H,13,15)(H,14,16)(H,17,18). The molecule has 9 nitrogen and oxygen atoms in total. The number of carboxylic acid groups (broad SMARTS) is 1. The Labute approximate surface area is 104 Å². The summed E-state index contributed by atoms with van der Waals surface area (Å²) in [7, 11) is 0. The first-order valence-corrected chi connectivity index (χ1v) is 5.35. The molecule has 0 heterocycles. The number of carbonyl (C=O) groups excluding carboxylic acids is 2. The fourth-order valence-corrected chi connectivity index (χ4v) is 1.03. The van der Waals surface area contributed by atoms with Crippen LogP contribution in [0.25, 0.3) is 0 Å². The Morgan fingerprint density at radius 3 is 2.11 bits per heavy atom. The fraction of sp³-hybridized carbons (Fsp3) is 0.667. The number of carbonyl (C=O) groups is 3. The van der Waals surface area contributed by atoms with Gasteiger partial charge in [-0.2, -0.15) is 0 Å². The molecule has 0 bridgehead atoms. The van der Waals surface area contributed by atoms with E-state index in [1.807, 2.05) is 0 Å². The first kappa shape index (κ1) is 16.3. The van der Waals surface area contributed by atoms with Crippen LogP contribution < -0.4 is 27.8 Å². The lowest BCUT2D eigenvalue weighted by Crippen LogP contribution is -2.49. The van der Waals surface area contributed by atoms with Crippen LogP contribution in [0.3, 0.4) is 0 Å². The Morgan fingerprint density at radius 2 is 1.67 bits per heavy atom. The largest absolute Gasteiger partial charge is 0.480 e. The van der Waals surface area contributed by atoms with Gasteiger partial charge in [0.2, 0.25) is 11.8 Å². The Hall–Kier alpha value is -1.71. The zero-order valence-electron chi connectivity index (χ0n) is 9.89. The van der Waals surface area contributed by atoms with Gasteiger partial charge < -0.3 is 32.9 Å². The molecule has 9 heteroatoms. The van der Waals surface area contributed by atoms with E-state index in [0.717, 1.165) is 0 Å². The molecule has 0 rings (SSSR count). The number of hydrogen-bond acceptors (Lipinski definition) is 6. The third kappa shape index (κ3) is 6.78. The lowest BCUT2D eigenvalue weighted by Gasteiger charge is -2.14. The summed E-state index contributed by atoms with van der Waals surface area (Å²) in [5.41, 5.74) is 15.8. The van der Waals surface area contributed by atoms with Crippen molar-refractivity contribution in [2.45, 2.75) is 18.5 Å². The topological polar surface area (TPSA) is 174 Å². The average molecular weight is 261 g/mol. The molecule has 0 saturated carbocycles. The third-order valence-corrected chi connectivity index (χ3v) is 2.10. The molecule has 0 fully saturated rings. The number of aliphatic carboxylic acids is 1. The number of carboxylic acids is 1. The molecule has 0 saturated heterocycles. The Bertz CT molecular complexity index is 305. The maximum Gasteiger partial charge on any atom is 0.321 e. The summed E-state index contributed by atoms with van der Waals surface area (Å²) in [6, 6.07) is -1.63. The summed E-state index contributed by atoms with van der Waals surface area (Å²) in [4.78, 5) is 32.9. The van der Waals surface area contributed by atoms with Gasteiger partial charge in [-0.1, -0.05) is 0 Å². The Kier molecular flexibility index (Phi) is 7.59. The van der Waals surface area contributed by atoms with Gasteiger partial charge in [0.05, 0.1) is 19.0 Å². The van der Waals surface area contributed by atoms with Gasteiger partial charge in [-0.15, -0.1) is 0 Å². The normalized spacial score (nSPS) is 12.0. The van der Waals surface area contributed by atoms with Crippen LogP contribution in [0.15, 0.2) is 0 Å². The van der Waals surface area contributed by atoms with E-state index in [-0.39, 0.29) is 32.1 Å². The fourth-order valence-electron chi connectivity index (χ4n) is 1.03. The summed E-state index contributed by atoms with van der Waals surface area (Å²) in [6.45, 7) is 0.113. The smallest absolute Gasteiger partial charge is 0.321 e. The molecule has 1 atom stereocenters. The molecule has 9 N–H and O–H groups in total. The van der Waals surface area contributed by atoms with E-state index >= 15 is 0 Å². The molecule has 0 aromatic rings. The molecule has 104 valence electrons. The quantitative estimate of drug-likeness (QED) is 0.261. The van der Waals surface area contributed by atoms with E-state index in [2.05, 4.69) is 10.6 Å². The van der Waals surface area contributed by atoms with Gasteiger partial charge in [0, 0.05) is 13.1 Å². The second-order valence-corrected chi connectivity index (χ2v) is 3.66. The number of amides is 2. The first-order chi connectivity index (χ1) is 8.40. The van der Waals surface area contributed by atoms with Crippen molar-refractivity contribution in [3.63, 3.8) is 0 Å². The monoisotopic (exact) mass is 261 g/mol. The van der Waals surface area contributed by atoms with Crippen LogP contribution >= 0.6 is 0 Å². The molecule has 0 aliphatic carbocycles. The highest BCUT2D eigenvalue weighted by Crippen LogP contribution is 1.87. The SMILES string of the molecule is NCC(CN)NC(=O)CNC(=O)CC(N)C(=O)O. The minimum atomic E-state index is -1.28. The number of nitrogens with two attached hydrogens (primary N) is 3. The third-order valence-electron chi connectivity index (χ3n) is 2.10. The zero-order chi connectivity index (χ0) is 14.1. The molecule has 0 spiro atoms. The number of nitrogens with one attached hydrogen (secondary N) is 2. The van der Waals surface area contributed by atoms with Crippen molar-refractivity contribution in [3.8, 4) is 0 Å². The van der Waals surface area contributed by atoms with Gasteiger partial charge in [-0.3, -0.25) is 14.4 Å².